The van der Waals surface area contributed by atoms with Crippen LogP contribution in [0.3, 0.4) is 0 Å². The maximum absolute atomic E-state index is 12.7. The number of thioether (sulfide) groups is 1. The highest BCUT2D eigenvalue weighted by atomic mass is 32.2. The molecule has 0 aromatic heterocycles. The summed E-state index contributed by atoms with van der Waals surface area (Å²) in [4.78, 5) is 72.2. The molecule has 13 nitrogen and oxygen atoms in total. The fraction of sp³-hybridized carbons (Fsp3) is 0.885. The molecule has 0 bridgehead atoms. The van der Waals surface area contributed by atoms with Gasteiger partial charge in [0.2, 0.25) is 0 Å². The average Bonchev–Trinajstić information content (AvgIpc) is 3.31. The third-order valence-electron chi connectivity index (χ3n) is 9.54. The molecule has 0 radical (unpaired) electrons. The minimum atomic E-state index is -0.868. The Morgan fingerprint density at radius 3 is 1.47 bits per heavy atom. The van der Waals surface area contributed by atoms with Crippen molar-refractivity contribution >= 4 is 47.4 Å². The number of hydrogen-bond donors (Lipinski definition) is 0. The van der Waals surface area contributed by atoms with Crippen LogP contribution in [-0.4, -0.2) is 126 Å². The van der Waals surface area contributed by atoms with E-state index in [1.807, 2.05) is 53.6 Å². The zero-order valence-corrected chi connectivity index (χ0v) is 45.4. The van der Waals surface area contributed by atoms with Gasteiger partial charge in [0, 0.05) is 64.6 Å². The van der Waals surface area contributed by atoms with E-state index in [1.165, 1.54) is 37.4 Å². The maximum atomic E-state index is 12.7. The van der Waals surface area contributed by atoms with Gasteiger partial charge in [-0.25, -0.2) is 0 Å². The molecule has 3 unspecified atom stereocenters. The Hall–Kier alpha value is -2.39. The summed E-state index contributed by atoms with van der Waals surface area (Å²) in [6.07, 6.45) is 22.0. The molecular weight excluding hydrogens is 863 g/mol. The van der Waals surface area contributed by atoms with Gasteiger partial charge in [-0.1, -0.05) is 131 Å². The molecule has 0 amide bonds. The summed E-state index contributed by atoms with van der Waals surface area (Å²) in [5, 5.41) is 0.159. The van der Waals surface area contributed by atoms with E-state index >= 15 is 0 Å². The van der Waals surface area contributed by atoms with Crippen LogP contribution in [0, 0.1) is 0 Å². The van der Waals surface area contributed by atoms with Crippen LogP contribution in [0.2, 0.25) is 0 Å². The molecule has 3 atom stereocenters. The van der Waals surface area contributed by atoms with Crippen molar-refractivity contribution in [1.82, 2.24) is 4.90 Å². The molecule has 0 aliphatic heterocycles. The number of aldehydes is 2. The summed E-state index contributed by atoms with van der Waals surface area (Å²) in [7, 11) is 7.25. The Labute approximate surface area is 409 Å². The molecule has 0 spiro atoms. The summed E-state index contributed by atoms with van der Waals surface area (Å²) < 4.78 is 31.4. The van der Waals surface area contributed by atoms with Gasteiger partial charge in [0.05, 0.1) is 13.2 Å². The highest BCUT2D eigenvalue weighted by Gasteiger charge is 2.21. The van der Waals surface area contributed by atoms with Crippen LogP contribution in [0.15, 0.2) is 0 Å². The number of esters is 3. The van der Waals surface area contributed by atoms with Gasteiger partial charge < -0.3 is 42.9 Å². The monoisotopic (exact) mass is 966 g/mol. The Morgan fingerprint density at radius 1 is 0.530 bits per heavy atom. The van der Waals surface area contributed by atoms with Crippen LogP contribution in [0.25, 0.3) is 0 Å². The first-order chi connectivity index (χ1) is 32.0. The summed E-state index contributed by atoms with van der Waals surface area (Å²) in [6.45, 7) is 18.8. The second-order valence-electron chi connectivity index (χ2n) is 15.8. The van der Waals surface area contributed by atoms with E-state index in [1.54, 1.807) is 14.2 Å². The average molecular weight is 966 g/mol. The van der Waals surface area contributed by atoms with E-state index in [0.717, 1.165) is 109 Å². The van der Waals surface area contributed by atoms with E-state index in [-0.39, 0.29) is 48.0 Å². The summed E-state index contributed by atoms with van der Waals surface area (Å²) in [5.74, 6) is -1.17. The maximum Gasteiger partial charge on any atom is 0.306 e. The Kier molecular flexibility index (Phi) is 68.9. The zero-order valence-electron chi connectivity index (χ0n) is 44.6. The first kappa shape index (κ1) is 72.6. The third-order valence-corrected chi connectivity index (χ3v) is 10.8. The lowest BCUT2D eigenvalue weighted by molar-refractivity contribution is -0.167. The minimum absolute atomic E-state index is 0.0300. The van der Waals surface area contributed by atoms with Crippen LogP contribution < -0.4 is 0 Å². The molecule has 394 valence electrons. The zero-order chi connectivity index (χ0) is 50.9. The molecule has 0 aliphatic carbocycles. The molecule has 0 N–H and O–H groups in total. The molecule has 14 heteroatoms. The van der Waals surface area contributed by atoms with Crippen LogP contribution in [0.1, 0.15) is 216 Å². The molecule has 0 aliphatic rings. The Bertz CT molecular complexity index is 1050. The van der Waals surface area contributed by atoms with Crippen molar-refractivity contribution in [3.63, 3.8) is 0 Å². The van der Waals surface area contributed by atoms with Gasteiger partial charge in [-0.2, -0.15) is 0 Å². The Balaban J connectivity index is -0.000000439. The molecule has 66 heavy (non-hydrogen) atoms. The van der Waals surface area contributed by atoms with Crippen molar-refractivity contribution in [2.24, 2.45) is 0 Å². The summed E-state index contributed by atoms with van der Waals surface area (Å²) >= 11 is 1.31. The standard InChI is InChI=1S/C33H59NO8S.C8H16O.C7H16O3.2C2H6/c1-5-7-9-11-13-21-31(37)41-27-28(26-40-30(36)20-12-10-8-6-2)42-32(38)22-16-19-29(18-14-15-25-35)43-33(39)23-17-24-34(3)4;1-2-3-4-5-6-7-8-9;1-4-10-6-7(9-3)5-8-2;2*1-2/h25,28-29H,5-24,26-27H2,1-4H3;8H,2-7H2,1H3;7H,4-6H2,1-3H3;2*1-2H3. The molecule has 0 rings (SSSR count). The predicted molar refractivity (Wildman–Crippen MR) is 273 cm³/mol. The number of methoxy groups -OCH3 is 2. The molecule has 0 fully saturated rings. The van der Waals surface area contributed by atoms with Gasteiger partial charge in [-0.05, 0) is 78.9 Å². The lowest BCUT2D eigenvalue weighted by Gasteiger charge is -2.19. The first-order valence-corrected chi connectivity index (χ1v) is 26.7. The van der Waals surface area contributed by atoms with Gasteiger partial charge in [-0.3, -0.25) is 19.2 Å². The molecule has 0 saturated heterocycles. The number of nitrogens with zero attached hydrogens (tertiary/aromatic N) is 1. The van der Waals surface area contributed by atoms with Gasteiger partial charge >= 0.3 is 17.9 Å². The fourth-order valence-corrected chi connectivity index (χ4v) is 7.05. The van der Waals surface area contributed by atoms with Crippen molar-refractivity contribution in [2.45, 2.75) is 233 Å². The topological polar surface area (TPSA) is 161 Å². The van der Waals surface area contributed by atoms with Gasteiger partial charge in [-0.15, -0.1) is 0 Å². The number of hydrogen-bond acceptors (Lipinski definition) is 14. The van der Waals surface area contributed by atoms with Crippen molar-refractivity contribution in [3.05, 3.63) is 0 Å². The first-order valence-electron chi connectivity index (χ1n) is 25.8. The quantitative estimate of drug-likeness (QED) is 0.0246. The van der Waals surface area contributed by atoms with E-state index in [9.17, 15) is 28.8 Å². The van der Waals surface area contributed by atoms with E-state index in [4.69, 9.17) is 28.4 Å². The highest BCUT2D eigenvalue weighted by molar-refractivity contribution is 8.14. The third kappa shape index (κ3) is 61.6. The molecule has 0 aromatic rings. The number of carbonyl (C=O) groups excluding carboxylic acids is 6. The van der Waals surface area contributed by atoms with Gasteiger partial charge in [0.25, 0.3) is 0 Å². The second kappa shape index (κ2) is 62.6. The normalized spacial score (nSPS) is 11.7. The van der Waals surface area contributed by atoms with Crippen LogP contribution in [0.4, 0.5) is 0 Å². The molecular formula is C52H103NO12S. The van der Waals surface area contributed by atoms with E-state index in [2.05, 4.69) is 20.8 Å². The van der Waals surface area contributed by atoms with E-state index in [0.29, 0.717) is 58.2 Å². The molecule has 0 saturated carbocycles. The lowest BCUT2D eigenvalue weighted by atomic mass is 10.1. The van der Waals surface area contributed by atoms with Crippen LogP contribution >= 0.6 is 11.8 Å². The summed E-state index contributed by atoms with van der Waals surface area (Å²) in [6, 6.07) is 0. The Morgan fingerprint density at radius 2 is 1.00 bits per heavy atom. The lowest BCUT2D eigenvalue weighted by Crippen LogP contribution is -2.31. The smallest absolute Gasteiger partial charge is 0.306 e. The second-order valence-corrected chi connectivity index (χ2v) is 17.2. The fourth-order valence-electron chi connectivity index (χ4n) is 5.85. The highest BCUT2D eigenvalue weighted by Crippen LogP contribution is 2.25. The van der Waals surface area contributed by atoms with Crippen molar-refractivity contribution < 1.29 is 57.2 Å². The van der Waals surface area contributed by atoms with Crippen LogP contribution in [-0.2, 0) is 57.2 Å². The van der Waals surface area contributed by atoms with E-state index < -0.39 is 12.1 Å². The van der Waals surface area contributed by atoms with Crippen LogP contribution in [0.5, 0.6) is 0 Å². The van der Waals surface area contributed by atoms with Crippen molar-refractivity contribution in [2.75, 3.05) is 67.9 Å². The molecule has 0 heterocycles. The summed E-state index contributed by atoms with van der Waals surface area (Å²) in [5.41, 5.74) is 0. The minimum Gasteiger partial charge on any atom is -0.462 e. The molecule has 0 aromatic carbocycles. The van der Waals surface area contributed by atoms with Crippen molar-refractivity contribution in [3.8, 4) is 0 Å². The van der Waals surface area contributed by atoms with Gasteiger partial charge in [0.1, 0.15) is 31.9 Å². The number of rotatable bonds is 41. The number of unbranched alkanes of at least 4 members (excludes halogenated alkanes) is 13. The predicted octanol–water partition coefficient (Wildman–Crippen LogP) is 12.1. The number of carbonyl (C=O) groups is 6. The number of ether oxygens (including phenoxy) is 6. The van der Waals surface area contributed by atoms with Crippen molar-refractivity contribution in [1.29, 1.82) is 0 Å². The SMILES string of the molecule is CC.CC.CCCCCCCC(=O)OCC(COC(=O)CCCCCC)OC(=O)CCCC(CCCC=O)SC(=O)CCCN(C)C.CCCCCCCC=O.CCOCC(COC)OC. The largest absolute Gasteiger partial charge is 0.462 e. The van der Waals surface area contributed by atoms with Gasteiger partial charge in [0.15, 0.2) is 11.2 Å².